The van der Waals surface area contributed by atoms with Crippen LogP contribution < -0.4 is 0 Å². The second kappa shape index (κ2) is 16.6. The van der Waals surface area contributed by atoms with Gasteiger partial charge in [-0.1, -0.05) is 6.92 Å². The van der Waals surface area contributed by atoms with Gasteiger partial charge in [0.15, 0.2) is 0 Å². The van der Waals surface area contributed by atoms with E-state index in [4.69, 9.17) is 23.7 Å². The van der Waals surface area contributed by atoms with Crippen LogP contribution in [0.4, 0.5) is 4.79 Å². The molecule has 0 aliphatic carbocycles. The topological polar surface area (TPSA) is 66.5 Å². The number of rotatable bonds is 15. The Bertz CT molecular complexity index is 340. The molecule has 0 saturated carbocycles. The van der Waals surface area contributed by atoms with Crippen molar-refractivity contribution in [2.75, 3.05) is 78.8 Å². The van der Waals surface area contributed by atoms with Crippen LogP contribution in [0.1, 0.15) is 26.2 Å². The Kier molecular flexibility index (Phi) is 15.0. The summed E-state index contributed by atoms with van der Waals surface area (Å²) in [6, 6.07) is 0. The van der Waals surface area contributed by atoms with E-state index in [9.17, 15) is 4.79 Å². The van der Waals surface area contributed by atoms with E-state index >= 15 is 0 Å². The van der Waals surface area contributed by atoms with Crippen molar-refractivity contribution in [3.05, 3.63) is 0 Å². The average Bonchev–Trinajstić information content (AvgIpc) is 2.68. The maximum atomic E-state index is 11.9. The van der Waals surface area contributed by atoms with Gasteiger partial charge in [0.25, 0.3) is 0 Å². The molecule has 0 radical (unpaired) electrons. The molecule has 0 spiro atoms. The summed E-state index contributed by atoms with van der Waals surface area (Å²) in [5.74, 6) is 0. The van der Waals surface area contributed by atoms with Gasteiger partial charge in [-0.15, -0.1) is 0 Å². The maximum absolute atomic E-state index is 11.9. The van der Waals surface area contributed by atoms with E-state index < -0.39 is 0 Å². The minimum Gasteiger partial charge on any atom is -0.447 e. The van der Waals surface area contributed by atoms with Crippen LogP contribution >= 0.6 is 11.8 Å². The van der Waals surface area contributed by atoms with Crippen molar-refractivity contribution in [1.82, 2.24) is 4.90 Å². The molecule has 1 saturated heterocycles. The summed E-state index contributed by atoms with van der Waals surface area (Å²) < 4.78 is 26.7. The standard InChI is InChI=1S/C18H35NO6S/c1-3-8-21-9-10-22-11-12-23-13-14-24-15-16-25-18(20)19-6-4-17(26-2)5-7-19/h17H,3-16H2,1-2H3. The third-order valence-electron chi connectivity index (χ3n) is 3.95. The van der Waals surface area contributed by atoms with Crippen LogP contribution in [0, 0.1) is 0 Å². The predicted octanol–water partition coefficient (Wildman–Crippen LogP) is 2.43. The lowest BCUT2D eigenvalue weighted by molar-refractivity contribution is -0.00799. The SMILES string of the molecule is CCCOCCOCCOCCOCCOC(=O)N1CCC(SC)CC1. The van der Waals surface area contributed by atoms with Crippen LogP contribution in [0.15, 0.2) is 0 Å². The monoisotopic (exact) mass is 393 g/mol. The number of carbonyl (C=O) groups excluding carboxylic acids is 1. The molecule has 0 aromatic rings. The largest absolute Gasteiger partial charge is 0.447 e. The summed E-state index contributed by atoms with van der Waals surface area (Å²) in [7, 11) is 0. The van der Waals surface area contributed by atoms with E-state index in [1.54, 1.807) is 4.90 Å². The Balaban J connectivity index is 1.80. The van der Waals surface area contributed by atoms with Gasteiger partial charge >= 0.3 is 6.09 Å². The molecule has 1 amide bonds. The fourth-order valence-corrected chi connectivity index (χ4v) is 3.14. The fraction of sp³-hybridized carbons (Fsp3) is 0.944. The van der Waals surface area contributed by atoms with Gasteiger partial charge in [-0.25, -0.2) is 4.79 Å². The van der Waals surface area contributed by atoms with Crippen molar-refractivity contribution in [2.45, 2.75) is 31.4 Å². The summed E-state index contributed by atoms with van der Waals surface area (Å²) >= 11 is 1.87. The summed E-state index contributed by atoms with van der Waals surface area (Å²) in [6.45, 7) is 8.41. The van der Waals surface area contributed by atoms with Gasteiger partial charge in [-0.05, 0) is 25.5 Å². The first-order valence-electron chi connectivity index (χ1n) is 9.53. The first-order valence-corrected chi connectivity index (χ1v) is 10.8. The van der Waals surface area contributed by atoms with Crippen LogP contribution in [0.2, 0.25) is 0 Å². The number of piperidine rings is 1. The molecule has 1 aliphatic heterocycles. The van der Waals surface area contributed by atoms with Crippen molar-refractivity contribution in [2.24, 2.45) is 0 Å². The third-order valence-corrected chi connectivity index (χ3v) is 5.09. The fourth-order valence-electron chi connectivity index (χ4n) is 2.46. The zero-order chi connectivity index (χ0) is 18.9. The minimum atomic E-state index is -0.232. The molecular weight excluding hydrogens is 358 g/mol. The molecule has 0 bridgehead atoms. The van der Waals surface area contributed by atoms with Crippen LogP contribution in [-0.2, 0) is 23.7 Å². The number of likely N-dealkylation sites (tertiary alicyclic amines) is 1. The highest BCUT2D eigenvalue weighted by atomic mass is 32.2. The van der Waals surface area contributed by atoms with Gasteiger partial charge in [0.1, 0.15) is 6.61 Å². The van der Waals surface area contributed by atoms with Crippen molar-refractivity contribution >= 4 is 17.9 Å². The van der Waals surface area contributed by atoms with Gasteiger partial charge in [0.05, 0.1) is 46.2 Å². The van der Waals surface area contributed by atoms with E-state index in [1.165, 1.54) is 0 Å². The quantitative estimate of drug-likeness (QED) is 0.396. The number of ether oxygens (including phenoxy) is 5. The normalized spacial score (nSPS) is 15.4. The van der Waals surface area contributed by atoms with Crippen LogP contribution in [-0.4, -0.2) is 95.1 Å². The summed E-state index contributed by atoms with van der Waals surface area (Å²) in [4.78, 5) is 13.7. The molecule has 0 unspecified atom stereocenters. The molecule has 0 aromatic heterocycles. The molecule has 1 fully saturated rings. The Morgan fingerprint density at radius 3 is 1.77 bits per heavy atom. The molecule has 0 N–H and O–H groups in total. The highest BCUT2D eigenvalue weighted by Crippen LogP contribution is 2.21. The smallest absolute Gasteiger partial charge is 0.409 e. The zero-order valence-electron chi connectivity index (χ0n) is 16.3. The molecule has 1 heterocycles. The van der Waals surface area contributed by atoms with Crippen molar-refractivity contribution in [3.8, 4) is 0 Å². The average molecular weight is 394 g/mol. The van der Waals surface area contributed by atoms with Gasteiger partial charge < -0.3 is 28.6 Å². The summed E-state index contributed by atoms with van der Waals surface area (Å²) in [5, 5.41) is 0.669. The molecular formula is C18H35NO6S. The molecule has 26 heavy (non-hydrogen) atoms. The van der Waals surface area contributed by atoms with Crippen molar-refractivity contribution < 1.29 is 28.5 Å². The molecule has 0 aromatic carbocycles. The lowest BCUT2D eigenvalue weighted by atomic mass is 10.1. The zero-order valence-corrected chi connectivity index (χ0v) is 17.1. The number of amides is 1. The second-order valence-corrected chi connectivity index (χ2v) is 7.12. The van der Waals surface area contributed by atoms with Gasteiger partial charge in [-0.2, -0.15) is 11.8 Å². The Morgan fingerprint density at radius 2 is 1.31 bits per heavy atom. The maximum Gasteiger partial charge on any atom is 0.409 e. The number of carbonyl (C=O) groups is 1. The molecule has 1 aliphatic rings. The Hall–Kier alpha value is -0.540. The predicted molar refractivity (Wildman–Crippen MR) is 103 cm³/mol. The lowest BCUT2D eigenvalue weighted by Gasteiger charge is -2.30. The molecule has 1 rings (SSSR count). The highest BCUT2D eigenvalue weighted by molar-refractivity contribution is 7.99. The number of hydrogen-bond donors (Lipinski definition) is 0. The first kappa shape index (κ1) is 23.5. The number of nitrogens with zero attached hydrogens (tertiary/aromatic N) is 1. The van der Waals surface area contributed by atoms with E-state index in [-0.39, 0.29) is 12.7 Å². The number of thioether (sulfide) groups is 1. The van der Waals surface area contributed by atoms with Gasteiger partial charge in [-0.3, -0.25) is 0 Å². The van der Waals surface area contributed by atoms with E-state index in [0.29, 0.717) is 51.5 Å². The van der Waals surface area contributed by atoms with Gasteiger partial charge in [0, 0.05) is 24.9 Å². The van der Waals surface area contributed by atoms with Crippen molar-refractivity contribution in [1.29, 1.82) is 0 Å². The first-order chi connectivity index (χ1) is 12.8. The molecule has 7 nitrogen and oxygen atoms in total. The highest BCUT2D eigenvalue weighted by Gasteiger charge is 2.22. The Morgan fingerprint density at radius 1 is 0.846 bits per heavy atom. The van der Waals surface area contributed by atoms with Crippen LogP contribution in [0.5, 0.6) is 0 Å². The lowest BCUT2D eigenvalue weighted by Crippen LogP contribution is -2.39. The minimum absolute atomic E-state index is 0.232. The summed E-state index contributed by atoms with van der Waals surface area (Å²) in [5.41, 5.74) is 0. The van der Waals surface area contributed by atoms with E-state index in [1.807, 2.05) is 11.8 Å². The second-order valence-electron chi connectivity index (χ2n) is 5.99. The third kappa shape index (κ3) is 12.0. The van der Waals surface area contributed by atoms with E-state index in [0.717, 1.165) is 39.0 Å². The van der Waals surface area contributed by atoms with E-state index in [2.05, 4.69) is 13.2 Å². The Labute approximate surface area is 162 Å². The molecule has 8 heteroatoms. The van der Waals surface area contributed by atoms with Gasteiger partial charge in [0.2, 0.25) is 0 Å². The van der Waals surface area contributed by atoms with Crippen LogP contribution in [0.3, 0.4) is 0 Å². The summed E-state index contributed by atoms with van der Waals surface area (Å²) in [6.07, 6.45) is 5.00. The van der Waals surface area contributed by atoms with Crippen LogP contribution in [0.25, 0.3) is 0 Å². The molecule has 154 valence electrons. The molecule has 0 atom stereocenters. The number of hydrogen-bond acceptors (Lipinski definition) is 7. The van der Waals surface area contributed by atoms with Crippen molar-refractivity contribution in [3.63, 3.8) is 0 Å².